The highest BCUT2D eigenvalue weighted by Gasteiger charge is 2.43. The van der Waals surface area contributed by atoms with Crippen molar-refractivity contribution in [2.45, 2.75) is 25.2 Å². The van der Waals surface area contributed by atoms with E-state index >= 15 is 0 Å². The molecule has 22 heavy (non-hydrogen) atoms. The quantitative estimate of drug-likeness (QED) is 0.504. The summed E-state index contributed by atoms with van der Waals surface area (Å²) >= 11 is 0. The van der Waals surface area contributed by atoms with Crippen molar-refractivity contribution in [3.63, 3.8) is 0 Å². The van der Waals surface area contributed by atoms with Gasteiger partial charge in [-0.2, -0.15) is 35.1 Å². The van der Waals surface area contributed by atoms with Gasteiger partial charge in [-0.05, 0) is 12.1 Å². The number of alkyl halides is 8. The Bertz CT molecular complexity index is 547. The highest BCUT2D eigenvalue weighted by molar-refractivity contribution is 5.79. The second kappa shape index (κ2) is 5.29. The van der Waals surface area contributed by atoms with Gasteiger partial charge in [0.05, 0.1) is 0 Å². The molecule has 0 aliphatic heterocycles. The van der Waals surface area contributed by atoms with E-state index in [0.29, 0.717) is 0 Å². The Morgan fingerprint density at radius 1 is 0.955 bits per heavy atom. The van der Waals surface area contributed by atoms with Crippen LogP contribution in [-0.2, 0) is 17.1 Å². The molecule has 0 aliphatic carbocycles. The molecule has 1 aromatic rings. The average molecular weight is 338 g/mol. The van der Waals surface area contributed by atoms with Crippen LogP contribution in [0.15, 0.2) is 12.1 Å². The van der Waals surface area contributed by atoms with E-state index in [4.69, 9.17) is 5.11 Å². The molecule has 11 heteroatoms. The van der Waals surface area contributed by atoms with Crippen molar-refractivity contribution in [1.29, 1.82) is 0 Å². The first-order valence-corrected chi connectivity index (χ1v) is 5.25. The van der Waals surface area contributed by atoms with Gasteiger partial charge in [-0.15, -0.1) is 0 Å². The monoisotopic (exact) mass is 338 g/mol. The van der Waals surface area contributed by atoms with E-state index in [2.05, 4.69) is 4.74 Å². The second-order valence-electron chi connectivity index (χ2n) is 4.14. The Labute approximate surface area is 117 Å². The number of carbonyl (C=O) groups is 1. The van der Waals surface area contributed by atoms with Crippen LogP contribution in [0.5, 0.6) is 11.5 Å². The third-order valence-corrected chi connectivity index (χ3v) is 2.26. The van der Waals surface area contributed by atoms with Gasteiger partial charge in [0.15, 0.2) is 0 Å². The van der Waals surface area contributed by atoms with Gasteiger partial charge < -0.3 is 9.84 Å². The molecule has 0 spiro atoms. The maximum absolute atomic E-state index is 12.6. The summed E-state index contributed by atoms with van der Waals surface area (Å²) in [7, 11) is 0. The van der Waals surface area contributed by atoms with E-state index in [1.54, 1.807) is 0 Å². The van der Waals surface area contributed by atoms with Crippen molar-refractivity contribution in [3.8, 4) is 11.5 Å². The molecular weight excluding hydrogens is 332 g/mol. The summed E-state index contributed by atoms with van der Waals surface area (Å²) in [6.07, 6.45) is -10.9. The average Bonchev–Trinajstić information content (AvgIpc) is 2.26. The van der Waals surface area contributed by atoms with Crippen LogP contribution in [0.4, 0.5) is 35.1 Å². The first-order chi connectivity index (χ1) is 9.64. The minimum Gasteiger partial charge on any atom is -0.507 e. The van der Waals surface area contributed by atoms with Gasteiger partial charge in [-0.1, -0.05) is 0 Å². The molecule has 0 unspecified atom stereocenters. The molecule has 0 fully saturated rings. The Hall–Kier alpha value is -2.07. The lowest BCUT2D eigenvalue weighted by Gasteiger charge is -2.17. The third kappa shape index (κ3) is 3.98. The van der Waals surface area contributed by atoms with E-state index in [0.717, 1.165) is 0 Å². The number of esters is 1. The third-order valence-electron chi connectivity index (χ3n) is 2.26. The van der Waals surface area contributed by atoms with Crippen LogP contribution in [0.2, 0.25) is 0 Å². The van der Waals surface area contributed by atoms with Gasteiger partial charge in [-0.3, -0.25) is 0 Å². The minimum absolute atomic E-state index is 0.0467. The number of benzene rings is 1. The summed E-state index contributed by atoms with van der Waals surface area (Å²) < 4.78 is 104. The highest BCUT2D eigenvalue weighted by atomic mass is 19.4. The number of halogens is 8. The zero-order chi connectivity index (χ0) is 17.5. The molecule has 1 aromatic carbocycles. The predicted octanol–water partition coefficient (Wildman–Crippen LogP) is 3.99. The van der Waals surface area contributed by atoms with Crippen molar-refractivity contribution in [2.24, 2.45) is 0 Å². The minimum atomic E-state index is -5.43. The number of carbonyl (C=O) groups excluding carboxylic acids is 1. The van der Waals surface area contributed by atoms with E-state index < -0.39 is 46.9 Å². The largest absolute Gasteiger partial charge is 0.507 e. The molecule has 0 saturated heterocycles. The van der Waals surface area contributed by atoms with Crippen LogP contribution in [0.3, 0.4) is 0 Å². The molecular formula is C11H6F8O3. The smallest absolute Gasteiger partial charge is 0.420 e. The fraction of sp³-hybridized carbons (Fsp3) is 0.364. The van der Waals surface area contributed by atoms with Gasteiger partial charge >= 0.3 is 24.2 Å². The van der Waals surface area contributed by atoms with Crippen molar-refractivity contribution < 1.29 is 49.8 Å². The molecule has 124 valence electrons. The number of aromatic hydroxyl groups is 1. The molecule has 0 aliphatic rings. The van der Waals surface area contributed by atoms with Crippen LogP contribution in [0, 0.1) is 0 Å². The van der Waals surface area contributed by atoms with Gasteiger partial charge in [0, 0.05) is 6.92 Å². The Morgan fingerprint density at radius 2 is 1.32 bits per heavy atom. The van der Waals surface area contributed by atoms with E-state index in [1.165, 1.54) is 0 Å². The molecule has 0 saturated carbocycles. The number of ether oxygens (including phenoxy) is 1. The lowest BCUT2D eigenvalue weighted by molar-refractivity contribution is -0.159. The fourth-order valence-electron chi connectivity index (χ4n) is 1.30. The molecule has 1 rings (SSSR count). The second-order valence-corrected chi connectivity index (χ2v) is 4.14. The van der Waals surface area contributed by atoms with Crippen LogP contribution < -0.4 is 4.74 Å². The molecule has 3 nitrogen and oxygen atoms in total. The van der Waals surface area contributed by atoms with Crippen molar-refractivity contribution in [3.05, 3.63) is 23.3 Å². The van der Waals surface area contributed by atoms with Gasteiger partial charge in [0.2, 0.25) is 0 Å². The maximum Gasteiger partial charge on any atom is 0.420 e. The van der Waals surface area contributed by atoms with Gasteiger partial charge in [0.25, 0.3) is 0 Å². The fourth-order valence-corrected chi connectivity index (χ4v) is 1.30. The summed E-state index contributed by atoms with van der Waals surface area (Å²) in [6, 6.07) is -0.373. The summed E-state index contributed by atoms with van der Waals surface area (Å²) in [4.78, 5) is 10.8. The van der Waals surface area contributed by atoms with E-state index in [-0.39, 0.29) is 19.1 Å². The van der Waals surface area contributed by atoms with Crippen LogP contribution in [0.25, 0.3) is 0 Å². The summed E-state index contributed by atoms with van der Waals surface area (Å²) in [5.74, 6) is -10.1. The zero-order valence-electron chi connectivity index (χ0n) is 10.4. The first-order valence-electron chi connectivity index (χ1n) is 5.25. The molecule has 0 aromatic heterocycles. The number of hydrogen-bond donors (Lipinski definition) is 1. The number of hydrogen-bond acceptors (Lipinski definition) is 3. The number of rotatable bonds is 2. The lowest BCUT2D eigenvalue weighted by atomic mass is 10.1. The predicted molar refractivity (Wildman–Crippen MR) is 54.4 cm³/mol. The number of phenols is 1. The molecule has 1 N–H and O–H groups in total. The summed E-state index contributed by atoms with van der Waals surface area (Å²) in [5.41, 5.74) is -4.35. The Balaban J connectivity index is 3.46. The topological polar surface area (TPSA) is 46.5 Å². The standard InChI is InChI=1S/C11H6F8O3/c1-9(12,13)8(21)22-4-2-5(10(14,15)16)7(20)6(3-4)11(17,18)19/h2-3,20H,1H3. The van der Waals surface area contributed by atoms with Crippen molar-refractivity contribution in [1.82, 2.24) is 0 Å². The van der Waals surface area contributed by atoms with Crippen LogP contribution >= 0.6 is 0 Å². The SMILES string of the molecule is CC(F)(F)C(=O)Oc1cc(C(F)(F)F)c(O)c(C(F)(F)F)c1. The van der Waals surface area contributed by atoms with Gasteiger partial charge in [0.1, 0.15) is 22.6 Å². The Kier molecular flexibility index (Phi) is 4.32. The lowest BCUT2D eigenvalue weighted by Crippen LogP contribution is -2.29. The molecule has 0 amide bonds. The number of phenolic OH excluding ortho intramolecular Hbond substituents is 1. The molecule has 0 bridgehead atoms. The summed E-state index contributed by atoms with van der Waals surface area (Å²) in [6.45, 7) is 0.0467. The summed E-state index contributed by atoms with van der Waals surface area (Å²) in [5, 5.41) is 9.05. The zero-order valence-corrected chi connectivity index (χ0v) is 10.4. The molecule has 0 atom stereocenters. The first kappa shape index (κ1) is 18.0. The van der Waals surface area contributed by atoms with E-state index in [1.807, 2.05) is 0 Å². The normalized spacial score (nSPS) is 13.1. The maximum atomic E-state index is 12.6. The molecule has 0 heterocycles. The highest BCUT2D eigenvalue weighted by Crippen LogP contribution is 2.45. The Morgan fingerprint density at radius 3 is 1.59 bits per heavy atom. The van der Waals surface area contributed by atoms with Gasteiger partial charge in [-0.25, -0.2) is 4.79 Å². The van der Waals surface area contributed by atoms with Crippen molar-refractivity contribution in [2.75, 3.05) is 0 Å². The van der Waals surface area contributed by atoms with E-state index in [9.17, 15) is 39.9 Å². The van der Waals surface area contributed by atoms with Crippen LogP contribution in [-0.4, -0.2) is 17.0 Å². The van der Waals surface area contributed by atoms with Crippen LogP contribution in [0.1, 0.15) is 18.1 Å². The molecule has 0 radical (unpaired) electrons. The van der Waals surface area contributed by atoms with Crippen molar-refractivity contribution >= 4 is 5.97 Å².